The molecule has 188 valence electrons. The van der Waals surface area contributed by atoms with Crippen LogP contribution < -0.4 is 19.9 Å². The highest BCUT2D eigenvalue weighted by Crippen LogP contribution is 2.32. The molecule has 1 N–H and O–H groups in total. The molecule has 0 aliphatic carbocycles. The average molecular weight is 505 g/mol. The molecule has 2 aliphatic heterocycles. The largest absolute Gasteiger partial charge is 0.495 e. The number of benzene rings is 2. The number of amides is 2. The van der Waals surface area contributed by atoms with Crippen LogP contribution in [-0.4, -0.2) is 63.1 Å². The molecule has 0 bridgehead atoms. The number of nitrogens with one attached hydrogen (secondary N) is 1. The van der Waals surface area contributed by atoms with Crippen molar-refractivity contribution in [1.82, 2.24) is 4.90 Å². The third-order valence-corrected chi connectivity index (χ3v) is 7.74. The summed E-state index contributed by atoms with van der Waals surface area (Å²) >= 11 is 1.57. The first-order valence-corrected chi connectivity index (χ1v) is 13.4. The van der Waals surface area contributed by atoms with E-state index in [1.807, 2.05) is 58.8 Å². The molecule has 0 atom stereocenters. The minimum atomic E-state index is -0.0739. The van der Waals surface area contributed by atoms with E-state index >= 15 is 0 Å². The number of hydrogen-bond donors (Lipinski definition) is 1. The monoisotopic (exact) mass is 504 g/mol. The summed E-state index contributed by atoms with van der Waals surface area (Å²) in [6, 6.07) is 17.7. The van der Waals surface area contributed by atoms with E-state index in [1.54, 1.807) is 18.4 Å². The second kappa shape index (κ2) is 11.0. The number of carbonyl (C=O) groups excluding carboxylic acids is 2. The Hall–Kier alpha value is -3.52. The molecule has 0 saturated carbocycles. The van der Waals surface area contributed by atoms with Crippen LogP contribution in [0.3, 0.4) is 0 Å². The molecule has 2 amide bonds. The van der Waals surface area contributed by atoms with Gasteiger partial charge in [0.25, 0.3) is 5.91 Å². The predicted octanol–water partition coefficient (Wildman–Crippen LogP) is 4.50. The van der Waals surface area contributed by atoms with E-state index in [2.05, 4.69) is 21.2 Å². The van der Waals surface area contributed by atoms with E-state index in [4.69, 9.17) is 4.74 Å². The average Bonchev–Trinajstić information content (AvgIpc) is 3.63. The van der Waals surface area contributed by atoms with Gasteiger partial charge in [0, 0.05) is 55.5 Å². The molecule has 0 spiro atoms. The maximum Gasteiger partial charge on any atom is 0.256 e. The van der Waals surface area contributed by atoms with Crippen molar-refractivity contribution < 1.29 is 14.3 Å². The zero-order valence-corrected chi connectivity index (χ0v) is 21.4. The number of carbonyl (C=O) groups is 2. The molecule has 3 heterocycles. The van der Waals surface area contributed by atoms with Crippen molar-refractivity contribution in [2.75, 3.05) is 61.5 Å². The molecule has 0 radical (unpaired) electrons. The van der Waals surface area contributed by atoms with Gasteiger partial charge in [0.05, 0.1) is 24.8 Å². The van der Waals surface area contributed by atoms with Crippen molar-refractivity contribution in [2.24, 2.45) is 0 Å². The molecular weight excluding hydrogens is 472 g/mol. The lowest BCUT2D eigenvalue weighted by Crippen LogP contribution is -2.47. The van der Waals surface area contributed by atoms with E-state index in [0.29, 0.717) is 17.7 Å². The number of piperazine rings is 1. The fourth-order valence-electron chi connectivity index (χ4n) is 5.01. The van der Waals surface area contributed by atoms with Crippen molar-refractivity contribution in [3.8, 4) is 5.75 Å². The van der Waals surface area contributed by atoms with Gasteiger partial charge in [-0.05, 0) is 54.6 Å². The standard InChI is InChI=1S/C28H32N4O3S/c1-35-26-9-3-2-8-25(26)31-16-14-30(15-17-31)24-11-10-21(29-27(33)20-22-7-6-18-36-22)19-23(24)28(34)32-12-4-5-13-32/h2-3,6-11,18-19H,4-5,12-17,20H2,1H3,(H,29,33). The van der Waals surface area contributed by atoms with E-state index in [0.717, 1.165) is 74.1 Å². The van der Waals surface area contributed by atoms with Crippen LogP contribution in [0.15, 0.2) is 60.0 Å². The molecule has 2 saturated heterocycles. The van der Waals surface area contributed by atoms with E-state index < -0.39 is 0 Å². The first-order valence-electron chi connectivity index (χ1n) is 12.5. The van der Waals surface area contributed by atoms with Crippen LogP contribution in [0, 0.1) is 0 Å². The third-order valence-electron chi connectivity index (χ3n) is 6.87. The van der Waals surface area contributed by atoms with Gasteiger partial charge in [-0.1, -0.05) is 18.2 Å². The zero-order chi connectivity index (χ0) is 24.9. The van der Waals surface area contributed by atoms with Gasteiger partial charge in [-0.2, -0.15) is 0 Å². The minimum Gasteiger partial charge on any atom is -0.495 e. The van der Waals surface area contributed by atoms with E-state index in [1.165, 1.54) is 0 Å². The van der Waals surface area contributed by atoms with Crippen molar-refractivity contribution in [3.05, 3.63) is 70.4 Å². The second-order valence-electron chi connectivity index (χ2n) is 9.18. The molecule has 2 aromatic carbocycles. The van der Waals surface area contributed by atoms with Crippen molar-refractivity contribution in [3.63, 3.8) is 0 Å². The minimum absolute atomic E-state index is 0.0454. The number of rotatable bonds is 7. The summed E-state index contributed by atoms with van der Waals surface area (Å²) in [7, 11) is 1.70. The summed E-state index contributed by atoms with van der Waals surface area (Å²) in [4.78, 5) is 33.7. The van der Waals surface area contributed by atoms with Crippen molar-refractivity contribution >= 4 is 40.2 Å². The maximum absolute atomic E-state index is 13.5. The normalized spacial score (nSPS) is 15.8. The number of thiophene rings is 1. The lowest BCUT2D eigenvalue weighted by atomic mass is 10.1. The van der Waals surface area contributed by atoms with Gasteiger partial charge in [0.1, 0.15) is 5.75 Å². The molecule has 5 rings (SSSR count). The summed E-state index contributed by atoms with van der Waals surface area (Å²) in [5.74, 6) is 0.845. The van der Waals surface area contributed by atoms with Crippen LogP contribution >= 0.6 is 11.3 Å². The number of methoxy groups -OCH3 is 1. The third kappa shape index (κ3) is 5.33. The molecule has 2 aliphatic rings. The summed E-state index contributed by atoms with van der Waals surface area (Å²) < 4.78 is 5.56. The van der Waals surface area contributed by atoms with Gasteiger partial charge in [-0.3, -0.25) is 9.59 Å². The van der Waals surface area contributed by atoms with Crippen LogP contribution in [0.1, 0.15) is 28.1 Å². The SMILES string of the molecule is COc1ccccc1N1CCN(c2ccc(NC(=O)Cc3cccs3)cc2C(=O)N2CCCC2)CC1. The molecule has 36 heavy (non-hydrogen) atoms. The quantitative estimate of drug-likeness (QED) is 0.513. The number of ether oxygens (including phenoxy) is 1. The fourth-order valence-corrected chi connectivity index (χ4v) is 5.71. The molecular formula is C28H32N4O3S. The zero-order valence-electron chi connectivity index (χ0n) is 20.6. The molecule has 7 nitrogen and oxygen atoms in total. The highest BCUT2D eigenvalue weighted by molar-refractivity contribution is 7.10. The van der Waals surface area contributed by atoms with Gasteiger partial charge in [-0.25, -0.2) is 0 Å². The first-order chi connectivity index (χ1) is 17.6. The highest BCUT2D eigenvalue weighted by Gasteiger charge is 2.27. The second-order valence-corrected chi connectivity index (χ2v) is 10.2. The van der Waals surface area contributed by atoms with Gasteiger partial charge in [0.15, 0.2) is 0 Å². The molecule has 2 fully saturated rings. The van der Waals surface area contributed by atoms with Crippen LogP contribution in [-0.2, 0) is 11.2 Å². The van der Waals surface area contributed by atoms with Gasteiger partial charge >= 0.3 is 0 Å². The molecule has 1 aromatic heterocycles. The van der Waals surface area contributed by atoms with Crippen LogP contribution in [0.2, 0.25) is 0 Å². The van der Waals surface area contributed by atoms with E-state index in [-0.39, 0.29) is 11.8 Å². The number of anilines is 3. The fraction of sp³-hybridized carbons (Fsp3) is 0.357. The Morgan fingerprint density at radius 2 is 1.61 bits per heavy atom. The van der Waals surface area contributed by atoms with Gasteiger partial charge < -0.3 is 24.8 Å². The smallest absolute Gasteiger partial charge is 0.256 e. The Balaban J connectivity index is 1.34. The topological polar surface area (TPSA) is 65.1 Å². The number of hydrogen-bond acceptors (Lipinski definition) is 6. The number of para-hydroxylation sites is 2. The molecule has 0 unspecified atom stereocenters. The first kappa shape index (κ1) is 24.2. The Bertz CT molecular complexity index is 1200. The number of nitrogens with zero attached hydrogens (tertiary/aromatic N) is 3. The van der Waals surface area contributed by atoms with Gasteiger partial charge in [0.2, 0.25) is 5.91 Å². The summed E-state index contributed by atoms with van der Waals surface area (Å²) in [5.41, 5.74) is 3.35. The Morgan fingerprint density at radius 1 is 0.889 bits per heavy atom. The lowest BCUT2D eigenvalue weighted by Gasteiger charge is -2.38. The highest BCUT2D eigenvalue weighted by atomic mass is 32.1. The Kier molecular flexibility index (Phi) is 7.41. The lowest BCUT2D eigenvalue weighted by molar-refractivity contribution is -0.115. The van der Waals surface area contributed by atoms with Crippen molar-refractivity contribution in [2.45, 2.75) is 19.3 Å². The van der Waals surface area contributed by atoms with Crippen LogP contribution in [0.4, 0.5) is 17.1 Å². The van der Waals surface area contributed by atoms with Crippen LogP contribution in [0.25, 0.3) is 0 Å². The number of likely N-dealkylation sites (tertiary alicyclic amines) is 1. The predicted molar refractivity (Wildman–Crippen MR) is 146 cm³/mol. The summed E-state index contributed by atoms with van der Waals surface area (Å²) in [6.07, 6.45) is 2.41. The molecule has 3 aromatic rings. The summed E-state index contributed by atoms with van der Waals surface area (Å²) in [6.45, 7) is 4.82. The Morgan fingerprint density at radius 3 is 2.31 bits per heavy atom. The van der Waals surface area contributed by atoms with Gasteiger partial charge in [-0.15, -0.1) is 11.3 Å². The van der Waals surface area contributed by atoms with Crippen LogP contribution in [0.5, 0.6) is 5.75 Å². The maximum atomic E-state index is 13.5. The van der Waals surface area contributed by atoms with E-state index in [9.17, 15) is 9.59 Å². The molecule has 8 heteroatoms. The van der Waals surface area contributed by atoms with Crippen molar-refractivity contribution in [1.29, 1.82) is 0 Å². The summed E-state index contributed by atoms with van der Waals surface area (Å²) in [5, 5.41) is 4.96. The Labute approximate surface area is 216 Å².